The molecule has 1 atom stereocenters. The molecule has 1 unspecified atom stereocenters. The Balaban J connectivity index is 2.53. The molecule has 2 rings (SSSR count). The zero-order chi connectivity index (χ0) is 11.8. The zero-order valence-electron chi connectivity index (χ0n) is 10.0. The first-order valence-electron chi connectivity index (χ1n) is 5.49. The Bertz CT molecular complexity index is 463. The molecule has 0 aliphatic carbocycles. The summed E-state index contributed by atoms with van der Waals surface area (Å²) in [5.74, 6) is 1.22. The van der Waals surface area contributed by atoms with Gasteiger partial charge in [0.2, 0.25) is 0 Å². The lowest BCUT2D eigenvalue weighted by molar-refractivity contribution is 0.582. The van der Waals surface area contributed by atoms with Gasteiger partial charge in [0.05, 0.1) is 5.71 Å². The summed E-state index contributed by atoms with van der Waals surface area (Å²) in [7, 11) is 0. The monoisotopic (exact) mass is 215 g/mol. The molecule has 0 saturated carbocycles. The molecule has 16 heavy (non-hydrogen) atoms. The van der Waals surface area contributed by atoms with Gasteiger partial charge >= 0.3 is 0 Å². The molecule has 84 valence electrons. The minimum absolute atomic E-state index is 0.0877. The van der Waals surface area contributed by atoms with E-state index in [1.54, 1.807) is 6.20 Å². The highest BCUT2D eigenvalue weighted by molar-refractivity contribution is 5.98. The molecular formula is C13H17N3. The number of rotatable bonds is 2. The van der Waals surface area contributed by atoms with E-state index in [-0.39, 0.29) is 11.3 Å². The lowest BCUT2D eigenvalue weighted by Gasteiger charge is -2.17. The van der Waals surface area contributed by atoms with Crippen molar-refractivity contribution in [3.05, 3.63) is 43.0 Å². The second-order valence-corrected chi connectivity index (χ2v) is 4.70. The van der Waals surface area contributed by atoms with Crippen molar-refractivity contribution in [1.29, 1.82) is 0 Å². The summed E-state index contributed by atoms with van der Waals surface area (Å²) < 4.78 is 1.86. The van der Waals surface area contributed by atoms with Crippen LogP contribution in [0, 0.1) is 5.92 Å². The van der Waals surface area contributed by atoms with Crippen LogP contribution in [-0.2, 0) is 5.41 Å². The Morgan fingerprint density at radius 3 is 2.94 bits per heavy atom. The van der Waals surface area contributed by atoms with E-state index in [2.05, 4.69) is 49.6 Å². The highest BCUT2D eigenvalue weighted by Gasteiger charge is 2.25. The number of imidazole rings is 1. The maximum absolute atomic E-state index is 4.58. The third kappa shape index (κ3) is 1.73. The van der Waals surface area contributed by atoms with E-state index in [0.29, 0.717) is 0 Å². The van der Waals surface area contributed by atoms with Crippen molar-refractivity contribution < 1.29 is 0 Å². The molecule has 0 aromatic carbocycles. The summed E-state index contributed by atoms with van der Waals surface area (Å²) in [6, 6.07) is 0. The van der Waals surface area contributed by atoms with Crippen LogP contribution in [0.2, 0.25) is 0 Å². The fourth-order valence-electron chi connectivity index (χ4n) is 1.73. The van der Waals surface area contributed by atoms with E-state index in [0.717, 1.165) is 11.5 Å². The summed E-state index contributed by atoms with van der Waals surface area (Å²) in [6.45, 7) is 10.2. The number of aromatic nitrogens is 2. The molecule has 0 fully saturated rings. The normalized spacial score (nSPS) is 19.6. The van der Waals surface area contributed by atoms with E-state index in [1.807, 2.05) is 16.9 Å². The van der Waals surface area contributed by atoms with Crippen LogP contribution in [0.1, 0.15) is 26.6 Å². The second-order valence-electron chi connectivity index (χ2n) is 4.70. The van der Waals surface area contributed by atoms with Gasteiger partial charge in [-0.05, 0) is 19.9 Å². The van der Waals surface area contributed by atoms with Crippen LogP contribution in [0.15, 0.2) is 42.3 Å². The predicted octanol–water partition coefficient (Wildman–Crippen LogP) is 2.76. The Labute approximate surface area is 96.2 Å². The first-order valence-corrected chi connectivity index (χ1v) is 5.49. The number of hydrogen-bond donors (Lipinski definition) is 0. The molecule has 0 saturated heterocycles. The van der Waals surface area contributed by atoms with Crippen LogP contribution in [0.3, 0.4) is 0 Å². The molecule has 0 spiro atoms. The zero-order valence-corrected chi connectivity index (χ0v) is 10.0. The standard InChI is InChI=1S/C13H17N3/c1-5-10(2)11-6-7-13(3,4)12-14-8-9-16(12)15-11/h5-10H,1H2,2-4H3. The molecular weight excluding hydrogens is 198 g/mol. The number of hydrogen-bond acceptors (Lipinski definition) is 2. The largest absolute Gasteiger partial charge is 0.239 e. The molecule has 1 aliphatic heterocycles. The van der Waals surface area contributed by atoms with Crippen molar-refractivity contribution in [3.63, 3.8) is 0 Å². The maximum Gasteiger partial charge on any atom is 0.139 e. The van der Waals surface area contributed by atoms with Crippen LogP contribution >= 0.6 is 0 Å². The molecule has 0 radical (unpaired) electrons. The molecule has 1 aliphatic rings. The van der Waals surface area contributed by atoms with Gasteiger partial charge in [-0.2, -0.15) is 5.10 Å². The summed E-state index contributed by atoms with van der Waals surface area (Å²) in [4.78, 5) is 4.37. The van der Waals surface area contributed by atoms with Gasteiger partial charge in [-0.1, -0.05) is 19.1 Å². The van der Waals surface area contributed by atoms with Crippen molar-refractivity contribution in [2.75, 3.05) is 0 Å². The van der Waals surface area contributed by atoms with Gasteiger partial charge in [0.15, 0.2) is 0 Å². The van der Waals surface area contributed by atoms with Crippen LogP contribution < -0.4 is 0 Å². The van der Waals surface area contributed by atoms with Gasteiger partial charge in [-0.3, -0.25) is 0 Å². The van der Waals surface area contributed by atoms with Crippen molar-refractivity contribution in [2.45, 2.75) is 26.2 Å². The van der Waals surface area contributed by atoms with E-state index >= 15 is 0 Å². The van der Waals surface area contributed by atoms with Crippen molar-refractivity contribution in [2.24, 2.45) is 11.0 Å². The topological polar surface area (TPSA) is 30.2 Å². The third-order valence-electron chi connectivity index (χ3n) is 2.91. The predicted molar refractivity (Wildman–Crippen MR) is 66.6 cm³/mol. The summed E-state index contributed by atoms with van der Waals surface area (Å²) in [6.07, 6.45) is 9.80. The average molecular weight is 215 g/mol. The van der Waals surface area contributed by atoms with Gasteiger partial charge in [-0.15, -0.1) is 6.58 Å². The lowest BCUT2D eigenvalue weighted by Crippen LogP contribution is -2.17. The van der Waals surface area contributed by atoms with Gasteiger partial charge in [0.1, 0.15) is 5.82 Å². The molecule has 0 amide bonds. The fourth-order valence-corrected chi connectivity index (χ4v) is 1.73. The van der Waals surface area contributed by atoms with E-state index < -0.39 is 0 Å². The smallest absolute Gasteiger partial charge is 0.139 e. The molecule has 1 aromatic rings. The number of allylic oxidation sites excluding steroid dienone is 3. The summed E-state index contributed by atoms with van der Waals surface area (Å²) >= 11 is 0. The van der Waals surface area contributed by atoms with Gasteiger partial charge in [0.25, 0.3) is 0 Å². The van der Waals surface area contributed by atoms with Crippen LogP contribution in [0.5, 0.6) is 0 Å². The van der Waals surface area contributed by atoms with E-state index in [9.17, 15) is 0 Å². The summed E-state index contributed by atoms with van der Waals surface area (Å²) in [5.41, 5.74) is 0.926. The average Bonchev–Trinajstić information content (AvgIpc) is 2.67. The van der Waals surface area contributed by atoms with Crippen molar-refractivity contribution >= 4 is 5.71 Å². The molecule has 3 nitrogen and oxygen atoms in total. The summed E-state index contributed by atoms with van der Waals surface area (Å²) in [5, 5.41) is 4.58. The van der Waals surface area contributed by atoms with Gasteiger partial charge in [-0.25, -0.2) is 9.66 Å². The Morgan fingerprint density at radius 1 is 1.50 bits per heavy atom. The molecule has 1 aromatic heterocycles. The van der Waals surface area contributed by atoms with Gasteiger partial charge < -0.3 is 0 Å². The minimum Gasteiger partial charge on any atom is -0.239 e. The molecule has 2 heterocycles. The second kappa shape index (κ2) is 3.74. The van der Waals surface area contributed by atoms with Crippen molar-refractivity contribution in [3.8, 4) is 0 Å². The van der Waals surface area contributed by atoms with Crippen LogP contribution in [0.25, 0.3) is 0 Å². The first-order chi connectivity index (χ1) is 7.54. The Kier molecular flexibility index (Phi) is 2.54. The minimum atomic E-state index is -0.0877. The maximum atomic E-state index is 4.58. The third-order valence-corrected chi connectivity index (χ3v) is 2.91. The number of fused-ring (bicyclic) bond motifs is 1. The lowest BCUT2D eigenvalue weighted by atomic mass is 9.91. The first kappa shape index (κ1) is 10.9. The van der Waals surface area contributed by atoms with E-state index in [1.165, 1.54) is 0 Å². The molecule has 0 bridgehead atoms. The highest BCUT2D eigenvalue weighted by atomic mass is 15.4. The fraction of sp³-hybridized carbons (Fsp3) is 0.385. The quantitative estimate of drug-likeness (QED) is 0.698. The van der Waals surface area contributed by atoms with Crippen LogP contribution in [-0.4, -0.2) is 15.4 Å². The number of nitrogens with zero attached hydrogens (tertiary/aromatic N) is 3. The molecule has 3 heteroatoms. The van der Waals surface area contributed by atoms with Crippen LogP contribution in [0.4, 0.5) is 0 Å². The van der Waals surface area contributed by atoms with Crippen molar-refractivity contribution in [1.82, 2.24) is 9.66 Å². The Morgan fingerprint density at radius 2 is 2.25 bits per heavy atom. The highest BCUT2D eigenvalue weighted by Crippen LogP contribution is 2.25. The molecule has 0 N–H and O–H groups in total. The Hall–Kier alpha value is -1.64. The SMILES string of the molecule is C=CC(C)C1=Nn2ccnc2C(C)(C)C=C1. The van der Waals surface area contributed by atoms with Gasteiger partial charge in [0, 0.05) is 23.7 Å². The van der Waals surface area contributed by atoms with E-state index in [4.69, 9.17) is 0 Å².